The van der Waals surface area contributed by atoms with Crippen molar-refractivity contribution in [3.05, 3.63) is 72.3 Å². The number of methoxy groups -OCH3 is 1. The van der Waals surface area contributed by atoms with Crippen LogP contribution in [0.3, 0.4) is 0 Å². The summed E-state index contributed by atoms with van der Waals surface area (Å²) in [7, 11) is 1.38. The van der Waals surface area contributed by atoms with Gasteiger partial charge in [0.1, 0.15) is 0 Å². The second-order valence-electron chi connectivity index (χ2n) is 4.19. The molecule has 0 N–H and O–H groups in total. The zero-order valence-electron chi connectivity index (χ0n) is 10.9. The Balaban J connectivity index is 2.03. The highest BCUT2D eigenvalue weighted by molar-refractivity contribution is 5.81. The summed E-state index contributed by atoms with van der Waals surface area (Å²) >= 11 is 0. The molecule has 0 fully saturated rings. The third-order valence-electron chi connectivity index (χ3n) is 2.87. The Morgan fingerprint density at radius 1 is 1.00 bits per heavy atom. The molecule has 96 valence electrons. The van der Waals surface area contributed by atoms with E-state index in [9.17, 15) is 4.79 Å². The van der Waals surface area contributed by atoms with Gasteiger partial charge in [0.25, 0.3) is 0 Å². The number of benzene rings is 2. The van der Waals surface area contributed by atoms with E-state index in [4.69, 9.17) is 0 Å². The van der Waals surface area contributed by atoms with Crippen LogP contribution < -0.4 is 0 Å². The molecule has 0 saturated carbocycles. The molecule has 2 rings (SSSR count). The first-order valence-electron chi connectivity index (χ1n) is 6.18. The average Bonchev–Trinajstić information content (AvgIpc) is 2.48. The smallest absolute Gasteiger partial charge is 0.330 e. The summed E-state index contributed by atoms with van der Waals surface area (Å²) in [6.45, 7) is 0. The van der Waals surface area contributed by atoms with Crippen LogP contribution in [0.1, 0.15) is 5.56 Å². The first-order chi connectivity index (χ1) is 9.29. The van der Waals surface area contributed by atoms with Crippen LogP contribution in [-0.2, 0) is 16.0 Å². The van der Waals surface area contributed by atoms with Gasteiger partial charge in [0.2, 0.25) is 0 Å². The monoisotopic (exact) mass is 252 g/mol. The normalized spacial score (nSPS) is 10.6. The second kappa shape index (κ2) is 6.55. The summed E-state index contributed by atoms with van der Waals surface area (Å²) in [6.07, 6.45) is 3.98. The first kappa shape index (κ1) is 13.1. The average molecular weight is 252 g/mol. The molecule has 0 amide bonds. The first-order valence-corrected chi connectivity index (χ1v) is 6.18. The van der Waals surface area contributed by atoms with Crippen molar-refractivity contribution in [1.82, 2.24) is 0 Å². The van der Waals surface area contributed by atoms with E-state index in [1.807, 2.05) is 24.3 Å². The predicted molar refractivity (Wildman–Crippen MR) is 76.7 cm³/mol. The van der Waals surface area contributed by atoms with Crippen molar-refractivity contribution in [3.63, 3.8) is 0 Å². The topological polar surface area (TPSA) is 26.3 Å². The van der Waals surface area contributed by atoms with Gasteiger partial charge in [-0.25, -0.2) is 4.79 Å². The molecule has 0 aliphatic heterocycles. The largest absolute Gasteiger partial charge is 0.466 e. The molecule has 0 atom stereocenters. The number of esters is 1. The van der Waals surface area contributed by atoms with Crippen LogP contribution in [0.5, 0.6) is 0 Å². The molecule has 19 heavy (non-hydrogen) atoms. The molecule has 0 radical (unpaired) electrons. The third kappa shape index (κ3) is 3.81. The molecule has 2 aromatic carbocycles. The van der Waals surface area contributed by atoms with Gasteiger partial charge in [-0.3, -0.25) is 0 Å². The van der Waals surface area contributed by atoms with E-state index in [2.05, 4.69) is 41.1 Å². The molecule has 0 bridgehead atoms. The van der Waals surface area contributed by atoms with Gasteiger partial charge in [-0.05, 0) is 23.1 Å². The van der Waals surface area contributed by atoms with Gasteiger partial charge in [0.15, 0.2) is 0 Å². The Bertz CT molecular complexity index is 554. The fourth-order valence-electron chi connectivity index (χ4n) is 1.82. The van der Waals surface area contributed by atoms with Crippen LogP contribution in [0.2, 0.25) is 0 Å². The van der Waals surface area contributed by atoms with Crippen LogP contribution in [0, 0.1) is 0 Å². The maximum absolute atomic E-state index is 10.9. The van der Waals surface area contributed by atoms with E-state index in [1.54, 1.807) is 0 Å². The summed E-state index contributed by atoms with van der Waals surface area (Å²) in [5.74, 6) is -0.319. The number of carbonyl (C=O) groups is 1. The van der Waals surface area contributed by atoms with Crippen molar-refractivity contribution in [3.8, 4) is 11.1 Å². The summed E-state index contributed by atoms with van der Waals surface area (Å²) in [5, 5.41) is 0. The Hall–Kier alpha value is -2.35. The van der Waals surface area contributed by atoms with E-state index in [-0.39, 0.29) is 5.97 Å². The van der Waals surface area contributed by atoms with Crippen molar-refractivity contribution in [1.29, 1.82) is 0 Å². The Kier molecular flexibility index (Phi) is 4.51. The van der Waals surface area contributed by atoms with Crippen LogP contribution in [0.15, 0.2) is 66.7 Å². The lowest BCUT2D eigenvalue weighted by Gasteiger charge is -2.02. The van der Waals surface area contributed by atoms with Gasteiger partial charge < -0.3 is 4.74 Å². The summed E-state index contributed by atoms with van der Waals surface area (Å²) in [4.78, 5) is 10.9. The predicted octanol–water partition coefficient (Wildman–Crippen LogP) is 3.63. The lowest BCUT2D eigenvalue weighted by molar-refractivity contribution is -0.134. The summed E-state index contributed by atoms with van der Waals surface area (Å²) in [5.41, 5.74) is 3.57. The highest BCUT2D eigenvalue weighted by atomic mass is 16.5. The maximum Gasteiger partial charge on any atom is 0.330 e. The zero-order valence-corrected chi connectivity index (χ0v) is 10.9. The number of carbonyl (C=O) groups excluding carboxylic acids is 1. The molecular weight excluding hydrogens is 236 g/mol. The van der Waals surface area contributed by atoms with E-state index < -0.39 is 0 Å². The molecule has 0 aliphatic carbocycles. The number of hydrogen-bond donors (Lipinski definition) is 0. The minimum atomic E-state index is -0.319. The minimum Gasteiger partial charge on any atom is -0.466 e. The lowest BCUT2D eigenvalue weighted by atomic mass is 10.0. The van der Waals surface area contributed by atoms with Gasteiger partial charge >= 0.3 is 5.97 Å². The third-order valence-corrected chi connectivity index (χ3v) is 2.87. The highest BCUT2D eigenvalue weighted by Gasteiger charge is 1.97. The quantitative estimate of drug-likeness (QED) is 0.613. The standard InChI is InChI=1S/C17H16O2/c1-19-17(18)9-5-6-14-10-12-16(13-11-14)15-7-3-2-4-8-15/h2-5,7-13H,6H2,1H3/b9-5+. The van der Waals surface area contributed by atoms with Crippen LogP contribution in [0.25, 0.3) is 11.1 Å². The van der Waals surface area contributed by atoms with Gasteiger partial charge in [0, 0.05) is 6.08 Å². The van der Waals surface area contributed by atoms with Crippen molar-refractivity contribution < 1.29 is 9.53 Å². The minimum absolute atomic E-state index is 0.319. The Morgan fingerprint density at radius 3 is 2.26 bits per heavy atom. The van der Waals surface area contributed by atoms with Crippen molar-refractivity contribution >= 4 is 5.97 Å². The zero-order chi connectivity index (χ0) is 13.5. The molecule has 0 aliphatic rings. The van der Waals surface area contributed by atoms with Gasteiger partial charge in [-0.1, -0.05) is 60.7 Å². The SMILES string of the molecule is COC(=O)/C=C/Cc1ccc(-c2ccccc2)cc1. The molecule has 0 heterocycles. The fourth-order valence-corrected chi connectivity index (χ4v) is 1.82. The van der Waals surface area contributed by atoms with Crippen molar-refractivity contribution in [2.75, 3.05) is 7.11 Å². The Labute approximate surface area is 113 Å². The lowest BCUT2D eigenvalue weighted by Crippen LogP contribution is -1.94. The fraction of sp³-hybridized carbons (Fsp3) is 0.118. The molecule has 0 aromatic heterocycles. The molecule has 0 spiro atoms. The number of rotatable bonds is 4. The van der Waals surface area contributed by atoms with Crippen molar-refractivity contribution in [2.45, 2.75) is 6.42 Å². The van der Waals surface area contributed by atoms with Crippen LogP contribution in [0.4, 0.5) is 0 Å². The number of hydrogen-bond acceptors (Lipinski definition) is 2. The molecule has 0 saturated heterocycles. The summed E-state index contributed by atoms with van der Waals surface area (Å²) in [6, 6.07) is 18.6. The maximum atomic E-state index is 10.9. The molecule has 2 aromatic rings. The van der Waals surface area contributed by atoms with Gasteiger partial charge in [-0.2, -0.15) is 0 Å². The number of ether oxygens (including phenoxy) is 1. The van der Waals surface area contributed by atoms with E-state index in [0.717, 1.165) is 6.42 Å². The number of allylic oxidation sites excluding steroid dienone is 1. The Morgan fingerprint density at radius 2 is 1.63 bits per heavy atom. The molecule has 0 unspecified atom stereocenters. The van der Waals surface area contributed by atoms with Crippen LogP contribution >= 0.6 is 0 Å². The van der Waals surface area contributed by atoms with Crippen molar-refractivity contribution in [2.24, 2.45) is 0 Å². The van der Waals surface area contributed by atoms with Gasteiger partial charge in [-0.15, -0.1) is 0 Å². The summed E-state index contributed by atoms with van der Waals surface area (Å²) < 4.78 is 4.54. The van der Waals surface area contributed by atoms with E-state index in [0.29, 0.717) is 0 Å². The highest BCUT2D eigenvalue weighted by Crippen LogP contribution is 2.19. The molecule has 2 heteroatoms. The molecular formula is C17H16O2. The van der Waals surface area contributed by atoms with Crippen LogP contribution in [-0.4, -0.2) is 13.1 Å². The van der Waals surface area contributed by atoms with E-state index >= 15 is 0 Å². The molecule has 2 nitrogen and oxygen atoms in total. The van der Waals surface area contributed by atoms with Gasteiger partial charge in [0.05, 0.1) is 7.11 Å². The van der Waals surface area contributed by atoms with E-state index in [1.165, 1.54) is 29.9 Å². The second-order valence-corrected chi connectivity index (χ2v) is 4.19.